The van der Waals surface area contributed by atoms with Crippen LogP contribution in [0.2, 0.25) is 0 Å². The standard InChI is InChI=1S/C25H25N3O4S2/c1-17-14-18(2)24-22(15-17)33-25(27-24)28(16-19-6-4-5-12-26-19)23(29)11-13-34(30,31)21-9-7-20(32-3)8-10-21/h4-10,12,14-15H,11,13,16H2,1-3H3. The molecule has 9 heteroatoms. The normalized spacial score (nSPS) is 11.5. The lowest BCUT2D eigenvalue weighted by molar-refractivity contribution is -0.118. The van der Waals surface area contributed by atoms with Crippen molar-refractivity contribution in [3.8, 4) is 5.75 Å². The van der Waals surface area contributed by atoms with Crippen molar-refractivity contribution >= 4 is 42.4 Å². The molecule has 0 aliphatic carbocycles. The number of aromatic nitrogens is 2. The summed E-state index contributed by atoms with van der Waals surface area (Å²) in [6, 6.07) is 15.7. The number of fused-ring (bicyclic) bond motifs is 1. The molecule has 0 saturated carbocycles. The maximum atomic E-state index is 13.3. The second-order valence-electron chi connectivity index (χ2n) is 7.97. The first-order valence-electron chi connectivity index (χ1n) is 10.7. The maximum Gasteiger partial charge on any atom is 0.230 e. The van der Waals surface area contributed by atoms with Gasteiger partial charge in [-0.25, -0.2) is 13.4 Å². The lowest BCUT2D eigenvalue weighted by atomic mass is 10.1. The van der Waals surface area contributed by atoms with Crippen LogP contribution in [0.4, 0.5) is 5.13 Å². The third-order valence-corrected chi connectivity index (χ3v) is 8.16. The van der Waals surface area contributed by atoms with E-state index >= 15 is 0 Å². The van der Waals surface area contributed by atoms with Crippen molar-refractivity contribution in [2.24, 2.45) is 0 Å². The second kappa shape index (κ2) is 9.90. The van der Waals surface area contributed by atoms with Crippen LogP contribution in [-0.4, -0.2) is 37.2 Å². The van der Waals surface area contributed by atoms with Gasteiger partial charge in [-0.1, -0.05) is 23.5 Å². The molecule has 2 heterocycles. The number of hydrogen-bond donors (Lipinski definition) is 0. The van der Waals surface area contributed by atoms with Crippen LogP contribution in [0.15, 0.2) is 65.7 Å². The number of anilines is 1. The molecule has 0 N–H and O–H groups in total. The molecule has 0 radical (unpaired) electrons. The number of carbonyl (C=O) groups excluding carboxylic acids is 1. The summed E-state index contributed by atoms with van der Waals surface area (Å²) in [5, 5.41) is 0.529. The number of rotatable bonds is 8. The Morgan fingerprint density at radius 3 is 2.53 bits per heavy atom. The van der Waals surface area contributed by atoms with Gasteiger partial charge in [0.25, 0.3) is 0 Å². The van der Waals surface area contributed by atoms with Gasteiger partial charge in [-0.05, 0) is 67.4 Å². The Kier molecular flexibility index (Phi) is 6.95. The van der Waals surface area contributed by atoms with E-state index in [1.807, 2.05) is 32.0 Å². The van der Waals surface area contributed by atoms with E-state index in [0.29, 0.717) is 16.6 Å². The zero-order valence-electron chi connectivity index (χ0n) is 19.2. The first kappa shape index (κ1) is 23.8. The summed E-state index contributed by atoms with van der Waals surface area (Å²) in [5.74, 6) is -0.0611. The Labute approximate surface area is 203 Å². The van der Waals surface area contributed by atoms with Crippen LogP contribution in [0.1, 0.15) is 23.2 Å². The van der Waals surface area contributed by atoms with E-state index in [-0.39, 0.29) is 29.5 Å². The van der Waals surface area contributed by atoms with E-state index < -0.39 is 9.84 Å². The van der Waals surface area contributed by atoms with Crippen molar-refractivity contribution in [3.63, 3.8) is 0 Å². The largest absolute Gasteiger partial charge is 0.497 e. The van der Waals surface area contributed by atoms with Gasteiger partial charge in [-0.3, -0.25) is 14.7 Å². The third kappa shape index (κ3) is 5.26. The number of carbonyl (C=O) groups is 1. The van der Waals surface area contributed by atoms with Crippen molar-refractivity contribution in [1.82, 2.24) is 9.97 Å². The monoisotopic (exact) mass is 495 g/mol. The SMILES string of the molecule is COc1ccc(S(=O)(=O)CCC(=O)N(Cc2ccccn2)c2nc3c(C)cc(C)cc3s2)cc1. The molecule has 0 bridgehead atoms. The average molecular weight is 496 g/mol. The number of sulfone groups is 1. The highest BCUT2D eigenvalue weighted by atomic mass is 32.2. The van der Waals surface area contributed by atoms with Crippen LogP contribution in [0.25, 0.3) is 10.2 Å². The van der Waals surface area contributed by atoms with Crippen LogP contribution in [-0.2, 0) is 21.2 Å². The predicted molar refractivity (Wildman–Crippen MR) is 134 cm³/mol. The number of benzene rings is 2. The molecule has 0 atom stereocenters. The van der Waals surface area contributed by atoms with Gasteiger partial charge in [-0.15, -0.1) is 0 Å². The highest BCUT2D eigenvalue weighted by Crippen LogP contribution is 2.33. The van der Waals surface area contributed by atoms with Crippen LogP contribution < -0.4 is 9.64 Å². The van der Waals surface area contributed by atoms with Gasteiger partial charge < -0.3 is 4.74 Å². The minimum absolute atomic E-state index is 0.156. The van der Waals surface area contributed by atoms with Crippen LogP contribution >= 0.6 is 11.3 Å². The Bertz CT molecular complexity index is 1420. The minimum Gasteiger partial charge on any atom is -0.497 e. The first-order chi connectivity index (χ1) is 16.3. The summed E-state index contributed by atoms with van der Waals surface area (Å²) in [6.07, 6.45) is 1.49. The fourth-order valence-corrected chi connectivity index (χ4v) is 6.04. The molecule has 1 amide bonds. The van der Waals surface area contributed by atoms with Crippen molar-refractivity contribution in [3.05, 3.63) is 77.6 Å². The minimum atomic E-state index is -3.64. The molecule has 0 aliphatic rings. The molecule has 0 unspecified atom stereocenters. The molecule has 0 saturated heterocycles. The van der Waals surface area contributed by atoms with Crippen molar-refractivity contribution in [2.45, 2.75) is 31.7 Å². The van der Waals surface area contributed by atoms with Gasteiger partial charge in [0.1, 0.15) is 5.75 Å². The van der Waals surface area contributed by atoms with Crippen molar-refractivity contribution in [2.75, 3.05) is 17.8 Å². The topological polar surface area (TPSA) is 89.5 Å². The number of ether oxygens (including phenoxy) is 1. The Hall–Kier alpha value is -3.30. The van der Waals surface area contributed by atoms with Crippen LogP contribution in [0.3, 0.4) is 0 Å². The van der Waals surface area contributed by atoms with Gasteiger partial charge in [0.2, 0.25) is 5.91 Å². The van der Waals surface area contributed by atoms with Crippen LogP contribution in [0.5, 0.6) is 5.75 Å². The van der Waals surface area contributed by atoms with Gasteiger partial charge in [-0.2, -0.15) is 0 Å². The molecular formula is C25H25N3O4S2. The number of nitrogens with zero attached hydrogens (tertiary/aromatic N) is 3. The smallest absolute Gasteiger partial charge is 0.230 e. The fourth-order valence-electron chi connectivity index (χ4n) is 3.65. The van der Waals surface area contributed by atoms with Gasteiger partial charge in [0.15, 0.2) is 15.0 Å². The Balaban J connectivity index is 1.61. The van der Waals surface area contributed by atoms with Gasteiger partial charge >= 0.3 is 0 Å². The summed E-state index contributed by atoms with van der Waals surface area (Å²) in [5.41, 5.74) is 3.69. The van der Waals surface area contributed by atoms with Gasteiger partial charge in [0.05, 0.1) is 40.2 Å². The van der Waals surface area contributed by atoms with E-state index in [4.69, 9.17) is 9.72 Å². The predicted octanol–water partition coefficient (Wildman–Crippen LogP) is 4.71. The highest BCUT2D eigenvalue weighted by molar-refractivity contribution is 7.91. The summed E-state index contributed by atoms with van der Waals surface area (Å²) in [4.78, 5) is 24.1. The highest BCUT2D eigenvalue weighted by Gasteiger charge is 2.24. The molecule has 2 aromatic heterocycles. The molecule has 176 valence electrons. The van der Waals surface area contributed by atoms with Crippen molar-refractivity contribution in [1.29, 1.82) is 0 Å². The zero-order valence-corrected chi connectivity index (χ0v) is 20.8. The molecule has 2 aromatic carbocycles. The molecule has 34 heavy (non-hydrogen) atoms. The summed E-state index contributed by atoms with van der Waals surface area (Å²) in [7, 11) is -2.12. The van der Waals surface area contributed by atoms with Gasteiger partial charge in [0, 0.05) is 12.6 Å². The molecule has 0 spiro atoms. The summed E-state index contributed by atoms with van der Waals surface area (Å²) < 4.78 is 31.8. The van der Waals surface area contributed by atoms with E-state index in [9.17, 15) is 13.2 Å². The van der Waals surface area contributed by atoms with Crippen molar-refractivity contribution < 1.29 is 17.9 Å². The number of methoxy groups -OCH3 is 1. The second-order valence-corrected chi connectivity index (χ2v) is 11.1. The third-order valence-electron chi connectivity index (χ3n) is 5.40. The lowest BCUT2D eigenvalue weighted by Crippen LogP contribution is -2.32. The van der Waals surface area contributed by atoms with Crippen LogP contribution in [0, 0.1) is 13.8 Å². The lowest BCUT2D eigenvalue weighted by Gasteiger charge is -2.19. The summed E-state index contributed by atoms with van der Waals surface area (Å²) in [6.45, 7) is 4.22. The number of aryl methyl sites for hydroxylation is 2. The van der Waals surface area contributed by atoms with E-state index in [1.54, 1.807) is 24.4 Å². The number of thiazole rings is 1. The first-order valence-corrected chi connectivity index (χ1v) is 13.2. The molecule has 4 rings (SSSR count). The average Bonchev–Trinajstić information content (AvgIpc) is 3.26. The van der Waals surface area contributed by atoms with E-state index in [0.717, 1.165) is 21.3 Å². The molecular weight excluding hydrogens is 470 g/mol. The Morgan fingerprint density at radius 2 is 1.85 bits per heavy atom. The molecule has 4 aromatic rings. The molecule has 0 fully saturated rings. The number of pyridine rings is 1. The number of hydrogen-bond acceptors (Lipinski definition) is 7. The fraction of sp³-hybridized carbons (Fsp3) is 0.240. The molecule has 0 aliphatic heterocycles. The van der Waals surface area contributed by atoms with E-state index in [1.165, 1.54) is 35.5 Å². The quantitative estimate of drug-likeness (QED) is 0.352. The van der Waals surface area contributed by atoms with E-state index in [2.05, 4.69) is 11.1 Å². The molecule has 7 nitrogen and oxygen atoms in total. The zero-order chi connectivity index (χ0) is 24.3. The Morgan fingerprint density at radius 1 is 1.09 bits per heavy atom. The maximum absolute atomic E-state index is 13.3. The summed E-state index contributed by atoms with van der Waals surface area (Å²) >= 11 is 1.42. The number of amides is 1.